The zero-order chi connectivity index (χ0) is 18.6. The fourth-order valence-electron chi connectivity index (χ4n) is 3.18. The van der Waals surface area contributed by atoms with Crippen LogP contribution in [0.2, 0.25) is 0 Å². The molecule has 0 bridgehead atoms. The second-order valence-corrected chi connectivity index (χ2v) is 6.58. The molecule has 0 aliphatic carbocycles. The molecule has 4 nitrogen and oxygen atoms in total. The smallest absolute Gasteiger partial charge is 0.254 e. The van der Waals surface area contributed by atoms with Crippen molar-refractivity contribution >= 4 is 5.91 Å². The summed E-state index contributed by atoms with van der Waals surface area (Å²) in [6.45, 7) is 3.29. The van der Waals surface area contributed by atoms with Crippen molar-refractivity contribution in [2.24, 2.45) is 0 Å². The Bertz CT molecular complexity index is 1050. The van der Waals surface area contributed by atoms with Crippen LogP contribution in [0.5, 0.6) is 0 Å². The number of rotatable bonds is 1. The molecule has 1 aliphatic rings. The first-order chi connectivity index (χ1) is 13.2. The Hall–Kier alpha value is -3.45. The Morgan fingerprint density at radius 3 is 2.78 bits per heavy atom. The van der Waals surface area contributed by atoms with Crippen LogP contribution in [0.3, 0.4) is 0 Å². The molecule has 0 saturated carbocycles. The fourth-order valence-corrected chi connectivity index (χ4v) is 3.18. The van der Waals surface area contributed by atoms with Gasteiger partial charge in [0.15, 0.2) is 0 Å². The molecule has 0 atom stereocenters. The van der Waals surface area contributed by atoms with Crippen LogP contribution in [-0.2, 0) is 13.0 Å². The standard InChI is InChI=1S/C23H19N3O/c1-17-7-8-19(15-18(17)9-10-21-6-2-3-12-24-21)23(27)26-14-11-22-20(16-26)5-4-13-25-22/h2-8,12-13,15H,11,14,16H2,1H3. The van der Waals surface area contributed by atoms with E-state index in [-0.39, 0.29) is 5.91 Å². The number of hydrogen-bond donors (Lipinski definition) is 0. The molecule has 0 unspecified atom stereocenters. The highest BCUT2D eigenvalue weighted by molar-refractivity contribution is 5.94. The molecule has 0 fully saturated rings. The Morgan fingerprint density at radius 1 is 1.04 bits per heavy atom. The minimum absolute atomic E-state index is 0.0328. The molecule has 1 aliphatic heterocycles. The number of fused-ring (bicyclic) bond motifs is 1. The van der Waals surface area contributed by atoms with E-state index < -0.39 is 0 Å². The van der Waals surface area contributed by atoms with Crippen LogP contribution in [0, 0.1) is 18.8 Å². The number of carbonyl (C=O) groups excluding carboxylic acids is 1. The monoisotopic (exact) mass is 353 g/mol. The molecule has 4 heteroatoms. The van der Waals surface area contributed by atoms with E-state index in [1.54, 1.807) is 6.20 Å². The molecule has 0 saturated heterocycles. The molecule has 0 spiro atoms. The van der Waals surface area contributed by atoms with Crippen molar-refractivity contribution < 1.29 is 4.79 Å². The van der Waals surface area contributed by atoms with Crippen LogP contribution in [0.4, 0.5) is 0 Å². The first kappa shape index (κ1) is 17.0. The van der Waals surface area contributed by atoms with Crippen LogP contribution >= 0.6 is 0 Å². The van der Waals surface area contributed by atoms with Gasteiger partial charge < -0.3 is 4.90 Å². The molecular formula is C23H19N3O. The first-order valence-corrected chi connectivity index (χ1v) is 8.96. The van der Waals surface area contributed by atoms with E-state index in [0.29, 0.717) is 24.3 Å². The van der Waals surface area contributed by atoms with Gasteiger partial charge in [-0.1, -0.05) is 24.1 Å². The Kier molecular flexibility index (Phi) is 4.67. The largest absolute Gasteiger partial charge is 0.334 e. The Labute approximate surface area is 158 Å². The summed E-state index contributed by atoms with van der Waals surface area (Å²) >= 11 is 0. The van der Waals surface area contributed by atoms with E-state index in [9.17, 15) is 4.79 Å². The maximum atomic E-state index is 13.0. The molecule has 2 aromatic heterocycles. The second kappa shape index (κ2) is 7.43. The molecule has 27 heavy (non-hydrogen) atoms. The van der Waals surface area contributed by atoms with Gasteiger partial charge in [0, 0.05) is 48.7 Å². The SMILES string of the molecule is Cc1ccc(C(=O)N2CCc3ncccc3C2)cc1C#Cc1ccccn1. The summed E-state index contributed by atoms with van der Waals surface area (Å²) in [7, 11) is 0. The van der Waals surface area contributed by atoms with Crippen molar-refractivity contribution in [2.45, 2.75) is 19.9 Å². The lowest BCUT2D eigenvalue weighted by Crippen LogP contribution is -2.36. The zero-order valence-corrected chi connectivity index (χ0v) is 15.1. The Balaban J connectivity index is 1.58. The quantitative estimate of drug-likeness (QED) is 0.630. The van der Waals surface area contributed by atoms with Crippen LogP contribution in [0.25, 0.3) is 0 Å². The summed E-state index contributed by atoms with van der Waals surface area (Å²) in [6.07, 6.45) is 4.32. The average Bonchev–Trinajstić information content (AvgIpc) is 2.73. The van der Waals surface area contributed by atoms with Crippen molar-refractivity contribution in [3.63, 3.8) is 0 Å². The van der Waals surface area contributed by atoms with E-state index in [1.165, 1.54) is 0 Å². The van der Waals surface area contributed by atoms with Gasteiger partial charge in [0.1, 0.15) is 5.69 Å². The number of amides is 1. The first-order valence-electron chi connectivity index (χ1n) is 8.96. The van der Waals surface area contributed by atoms with Crippen LogP contribution < -0.4 is 0 Å². The molecule has 0 N–H and O–H groups in total. The molecule has 4 rings (SSSR count). The maximum Gasteiger partial charge on any atom is 0.254 e. The van der Waals surface area contributed by atoms with Gasteiger partial charge in [0.05, 0.1) is 0 Å². The number of hydrogen-bond acceptors (Lipinski definition) is 3. The molecule has 3 aromatic rings. The number of benzene rings is 1. The second-order valence-electron chi connectivity index (χ2n) is 6.58. The lowest BCUT2D eigenvalue weighted by Gasteiger charge is -2.28. The Morgan fingerprint density at radius 2 is 1.93 bits per heavy atom. The molecule has 0 radical (unpaired) electrons. The highest BCUT2D eigenvalue weighted by Crippen LogP contribution is 2.20. The molecule has 3 heterocycles. The topological polar surface area (TPSA) is 46.1 Å². The zero-order valence-electron chi connectivity index (χ0n) is 15.1. The normalized spacial score (nSPS) is 12.7. The third-order valence-corrected chi connectivity index (χ3v) is 4.73. The number of aromatic nitrogens is 2. The van der Waals surface area contributed by atoms with E-state index in [4.69, 9.17) is 0 Å². The van der Waals surface area contributed by atoms with Gasteiger partial charge in [-0.2, -0.15) is 0 Å². The summed E-state index contributed by atoms with van der Waals surface area (Å²) in [6, 6.07) is 15.3. The van der Waals surface area contributed by atoms with Gasteiger partial charge in [-0.15, -0.1) is 0 Å². The third kappa shape index (κ3) is 3.73. The van der Waals surface area contributed by atoms with Gasteiger partial charge in [0.25, 0.3) is 5.91 Å². The van der Waals surface area contributed by atoms with Crippen LogP contribution in [0.1, 0.15) is 38.4 Å². The molecule has 1 amide bonds. The van der Waals surface area contributed by atoms with Crippen molar-refractivity contribution in [3.05, 3.63) is 94.6 Å². The van der Waals surface area contributed by atoms with E-state index in [2.05, 4.69) is 21.8 Å². The maximum absolute atomic E-state index is 13.0. The summed E-state index contributed by atoms with van der Waals surface area (Å²) < 4.78 is 0. The molecule has 1 aromatic carbocycles. The molecular weight excluding hydrogens is 334 g/mol. The van der Waals surface area contributed by atoms with Crippen molar-refractivity contribution in [1.82, 2.24) is 14.9 Å². The van der Waals surface area contributed by atoms with Gasteiger partial charge in [-0.05, 0) is 54.3 Å². The van der Waals surface area contributed by atoms with E-state index in [1.807, 2.05) is 66.6 Å². The van der Waals surface area contributed by atoms with Crippen molar-refractivity contribution in [3.8, 4) is 11.8 Å². The lowest BCUT2D eigenvalue weighted by atomic mass is 10.0. The average molecular weight is 353 g/mol. The van der Waals surface area contributed by atoms with E-state index >= 15 is 0 Å². The predicted octanol–water partition coefficient (Wildman–Crippen LogP) is 3.38. The van der Waals surface area contributed by atoms with Gasteiger partial charge in [0.2, 0.25) is 0 Å². The van der Waals surface area contributed by atoms with Crippen molar-refractivity contribution in [2.75, 3.05) is 6.54 Å². The van der Waals surface area contributed by atoms with E-state index in [0.717, 1.165) is 28.8 Å². The van der Waals surface area contributed by atoms with Crippen molar-refractivity contribution in [1.29, 1.82) is 0 Å². The van der Waals surface area contributed by atoms with Crippen LogP contribution in [0.15, 0.2) is 60.9 Å². The third-order valence-electron chi connectivity index (χ3n) is 4.73. The number of aryl methyl sites for hydroxylation is 1. The summed E-state index contributed by atoms with van der Waals surface area (Å²) in [5, 5.41) is 0. The summed E-state index contributed by atoms with van der Waals surface area (Å²) in [4.78, 5) is 23.5. The minimum atomic E-state index is 0.0328. The highest BCUT2D eigenvalue weighted by Gasteiger charge is 2.22. The highest BCUT2D eigenvalue weighted by atomic mass is 16.2. The number of carbonyl (C=O) groups is 1. The molecule has 132 valence electrons. The van der Waals surface area contributed by atoms with Gasteiger partial charge in [-0.3, -0.25) is 9.78 Å². The fraction of sp³-hybridized carbons (Fsp3) is 0.174. The van der Waals surface area contributed by atoms with Gasteiger partial charge in [-0.25, -0.2) is 4.98 Å². The summed E-state index contributed by atoms with van der Waals surface area (Å²) in [5.41, 5.74) is 5.49. The van der Waals surface area contributed by atoms with Gasteiger partial charge >= 0.3 is 0 Å². The lowest BCUT2D eigenvalue weighted by molar-refractivity contribution is 0.0733. The number of pyridine rings is 2. The predicted molar refractivity (Wildman–Crippen MR) is 104 cm³/mol. The van der Waals surface area contributed by atoms with Crippen LogP contribution in [-0.4, -0.2) is 27.3 Å². The minimum Gasteiger partial charge on any atom is -0.334 e. The number of nitrogens with zero attached hydrogens (tertiary/aromatic N) is 3. The summed E-state index contributed by atoms with van der Waals surface area (Å²) in [5.74, 6) is 6.25.